The molecule has 0 saturated carbocycles. The van der Waals surface area contributed by atoms with E-state index in [2.05, 4.69) is 138 Å². The van der Waals surface area contributed by atoms with Crippen LogP contribution in [0.25, 0.3) is 77.3 Å². The van der Waals surface area contributed by atoms with Crippen molar-refractivity contribution >= 4 is 49.9 Å². The number of hydrogen-bond acceptors (Lipinski definition) is 4. The first kappa shape index (κ1) is 35.8. The summed E-state index contributed by atoms with van der Waals surface area (Å²) in [7, 11) is 0. The van der Waals surface area contributed by atoms with Crippen molar-refractivity contribution in [3.8, 4) is 44.5 Å². The summed E-state index contributed by atoms with van der Waals surface area (Å²) in [4.78, 5) is 32.1. The lowest BCUT2D eigenvalue weighted by molar-refractivity contribution is 0.669. The molecule has 1 unspecified atom stereocenters. The predicted octanol–water partition coefficient (Wildman–Crippen LogP) is 13.4. The van der Waals surface area contributed by atoms with Crippen LogP contribution in [0.5, 0.6) is 0 Å². The van der Waals surface area contributed by atoms with Crippen molar-refractivity contribution in [1.29, 1.82) is 0 Å². The first-order valence-corrected chi connectivity index (χ1v) is 21.9. The molecule has 9 aromatic carbocycles. The highest BCUT2D eigenvalue weighted by atomic mass is 16.3. The van der Waals surface area contributed by atoms with E-state index in [1.807, 2.05) is 83.4 Å². The van der Waals surface area contributed by atoms with Crippen LogP contribution in [0.3, 0.4) is 0 Å². The first-order chi connectivity index (χ1) is 32.1. The highest BCUT2D eigenvalue weighted by molar-refractivity contribution is 6.10. The number of para-hydroxylation sites is 2. The Morgan fingerprint density at radius 1 is 0.415 bits per heavy atom. The Balaban J connectivity index is 1.06. The van der Waals surface area contributed by atoms with Crippen LogP contribution >= 0.6 is 0 Å². The Hall–Kier alpha value is -8.74. The van der Waals surface area contributed by atoms with E-state index < -0.39 is 5.41 Å². The Bertz CT molecular complexity index is 4050. The minimum Gasteiger partial charge on any atom is -0.454 e. The highest BCUT2D eigenvalue weighted by Gasteiger charge is 2.55. The predicted molar refractivity (Wildman–Crippen MR) is 261 cm³/mol. The Morgan fingerprint density at radius 2 is 1.02 bits per heavy atom. The number of furan rings is 1. The first-order valence-electron chi connectivity index (χ1n) is 21.9. The lowest BCUT2D eigenvalue weighted by Crippen LogP contribution is -2.29. The number of hydrogen-bond donors (Lipinski definition) is 0. The molecule has 3 aromatic heterocycles. The van der Waals surface area contributed by atoms with E-state index >= 15 is 4.79 Å². The summed E-state index contributed by atoms with van der Waals surface area (Å²) in [5.74, 6) is 0. The van der Waals surface area contributed by atoms with Gasteiger partial charge in [-0.2, -0.15) is 4.52 Å². The lowest BCUT2D eigenvalue weighted by atomic mass is 9.72. The van der Waals surface area contributed by atoms with Gasteiger partial charge in [0.05, 0.1) is 33.3 Å². The van der Waals surface area contributed by atoms with Crippen LogP contribution in [-0.4, -0.2) is 9.03 Å². The number of rotatable bonds is 5. The molecule has 6 nitrogen and oxygen atoms in total. The number of fused-ring (bicyclic) bond motifs is 17. The summed E-state index contributed by atoms with van der Waals surface area (Å²) < 4.78 is 10.0. The molecule has 304 valence electrons. The zero-order valence-corrected chi connectivity index (χ0v) is 34.8. The van der Waals surface area contributed by atoms with E-state index in [1.54, 1.807) is 0 Å². The monoisotopic (exact) mass is 833 g/mol. The van der Waals surface area contributed by atoms with Gasteiger partial charge in [0.2, 0.25) is 0 Å². The van der Waals surface area contributed by atoms with Gasteiger partial charge in [-0.15, -0.1) is 0 Å². The van der Waals surface area contributed by atoms with Gasteiger partial charge < -0.3 is 9.32 Å². The number of anilines is 3. The summed E-state index contributed by atoms with van der Waals surface area (Å²) >= 11 is 0. The normalized spacial score (nSPS) is 14.6. The quantitative estimate of drug-likeness (QED) is 0.173. The standard InChI is InChI=1S/C59H35N3O3/c63-57-47-34-39(37-16-5-2-6-17-37)28-33-51(47)61-56-54(58(64)62(57)61)46-20-8-11-23-49(46)59(56)48-22-10-7-18-42(48)43-32-31-41(35-50(43)59)60(40-29-26-38(27-30-40)36-14-3-1-4-15-36)52-24-13-21-45-44-19-9-12-25-53(44)65-55(45)52/h1-35H. The maximum atomic E-state index is 15.1. The topological polar surface area (TPSA) is 59.3 Å². The molecule has 3 heterocycles. The number of aromatic nitrogens is 2. The average Bonchev–Trinajstić information content (AvgIpc) is 4.14. The van der Waals surface area contributed by atoms with Crippen LogP contribution in [0.2, 0.25) is 0 Å². The van der Waals surface area contributed by atoms with Crippen LogP contribution in [0.4, 0.5) is 17.1 Å². The Morgan fingerprint density at radius 3 is 1.80 bits per heavy atom. The molecule has 0 fully saturated rings. The van der Waals surface area contributed by atoms with Gasteiger partial charge in [0, 0.05) is 22.1 Å². The third-order valence-corrected chi connectivity index (χ3v) is 13.9. The van der Waals surface area contributed by atoms with E-state index in [-0.39, 0.29) is 11.1 Å². The van der Waals surface area contributed by atoms with Crippen molar-refractivity contribution in [2.45, 2.75) is 5.41 Å². The fourth-order valence-electron chi connectivity index (χ4n) is 11.2. The van der Waals surface area contributed by atoms with Gasteiger partial charge in [-0.05, 0) is 104 Å². The molecule has 14 rings (SSSR count). The summed E-state index contributed by atoms with van der Waals surface area (Å²) in [6.07, 6.45) is 0. The molecule has 2 aliphatic carbocycles. The molecule has 2 aliphatic rings. The van der Waals surface area contributed by atoms with E-state index in [0.717, 1.165) is 100 Å². The molecule has 0 amide bonds. The zero-order chi connectivity index (χ0) is 43.0. The maximum Gasteiger partial charge on any atom is 0.282 e. The van der Waals surface area contributed by atoms with Gasteiger partial charge in [0.1, 0.15) is 5.58 Å². The molecule has 65 heavy (non-hydrogen) atoms. The fraction of sp³-hybridized carbons (Fsp3) is 0.0169. The zero-order valence-electron chi connectivity index (χ0n) is 34.8. The van der Waals surface area contributed by atoms with Crippen molar-refractivity contribution in [2.75, 3.05) is 4.90 Å². The lowest BCUT2D eigenvalue weighted by Gasteiger charge is -2.32. The van der Waals surface area contributed by atoms with Crippen molar-refractivity contribution in [3.05, 3.63) is 255 Å². The second kappa shape index (κ2) is 13.1. The van der Waals surface area contributed by atoms with Gasteiger partial charge in [0.25, 0.3) is 11.1 Å². The van der Waals surface area contributed by atoms with E-state index in [0.29, 0.717) is 16.5 Å². The molecule has 0 aliphatic heterocycles. The van der Waals surface area contributed by atoms with Crippen molar-refractivity contribution < 1.29 is 4.42 Å². The SMILES string of the molecule is O=c1c2c(n3c4ccc(-c5ccccc5)cc4c(=O)n13)C1(c3ccccc3-c3ccc(N(c4ccc(-c5ccccc5)cc4)c4cccc5c4oc4ccccc45)cc31)c1ccccc1-2. The number of nitrogens with zero attached hydrogens (tertiary/aromatic N) is 3. The van der Waals surface area contributed by atoms with Gasteiger partial charge in [-0.25, -0.2) is 4.52 Å². The molecule has 1 spiro atoms. The minimum atomic E-state index is -0.952. The van der Waals surface area contributed by atoms with Crippen LogP contribution < -0.4 is 16.0 Å². The molecule has 0 bridgehead atoms. The average molecular weight is 834 g/mol. The van der Waals surface area contributed by atoms with Gasteiger partial charge in [-0.1, -0.05) is 164 Å². The summed E-state index contributed by atoms with van der Waals surface area (Å²) in [6, 6.07) is 73.2. The number of benzene rings is 9. The second-order valence-corrected chi connectivity index (χ2v) is 17.1. The Kier molecular flexibility index (Phi) is 7.24. The van der Waals surface area contributed by atoms with E-state index in [1.165, 1.54) is 4.52 Å². The van der Waals surface area contributed by atoms with Gasteiger partial charge in [0.15, 0.2) is 5.58 Å². The summed E-state index contributed by atoms with van der Waals surface area (Å²) in [6.45, 7) is 0. The minimum absolute atomic E-state index is 0.314. The molecular weight excluding hydrogens is 799 g/mol. The molecule has 1 atom stereocenters. The van der Waals surface area contributed by atoms with Gasteiger partial charge >= 0.3 is 0 Å². The van der Waals surface area contributed by atoms with Crippen LogP contribution in [-0.2, 0) is 5.41 Å². The Labute approximate surface area is 372 Å². The highest BCUT2D eigenvalue weighted by Crippen LogP contribution is 2.63. The van der Waals surface area contributed by atoms with Crippen LogP contribution in [0.15, 0.2) is 226 Å². The molecular formula is C59H35N3O3. The smallest absolute Gasteiger partial charge is 0.282 e. The van der Waals surface area contributed by atoms with E-state index in [9.17, 15) is 4.79 Å². The van der Waals surface area contributed by atoms with Crippen molar-refractivity contribution in [3.63, 3.8) is 0 Å². The molecule has 6 heteroatoms. The van der Waals surface area contributed by atoms with Crippen molar-refractivity contribution in [2.24, 2.45) is 0 Å². The molecule has 0 saturated heterocycles. The van der Waals surface area contributed by atoms with Crippen LogP contribution in [0, 0.1) is 0 Å². The molecule has 0 radical (unpaired) electrons. The summed E-state index contributed by atoms with van der Waals surface area (Å²) in [5.41, 5.74) is 15.1. The van der Waals surface area contributed by atoms with Crippen LogP contribution in [0.1, 0.15) is 22.4 Å². The summed E-state index contributed by atoms with van der Waals surface area (Å²) in [5, 5.41) is 2.59. The second-order valence-electron chi connectivity index (χ2n) is 17.1. The molecule has 12 aromatic rings. The molecule has 0 N–H and O–H groups in total. The van der Waals surface area contributed by atoms with Crippen molar-refractivity contribution in [1.82, 2.24) is 9.03 Å². The third kappa shape index (κ3) is 4.72. The largest absolute Gasteiger partial charge is 0.454 e. The maximum absolute atomic E-state index is 15.1. The fourth-order valence-corrected chi connectivity index (χ4v) is 11.2. The van der Waals surface area contributed by atoms with Gasteiger partial charge in [-0.3, -0.25) is 9.59 Å². The van der Waals surface area contributed by atoms with E-state index in [4.69, 9.17) is 4.42 Å². The third-order valence-electron chi connectivity index (χ3n) is 13.9.